The molecule has 0 saturated carbocycles. The van der Waals surface area contributed by atoms with Crippen LogP contribution in [0.1, 0.15) is 23.6 Å². The molecule has 1 aliphatic heterocycles. The second-order valence-corrected chi connectivity index (χ2v) is 11.3. The fourth-order valence-electron chi connectivity index (χ4n) is 3.62. The average Bonchev–Trinajstić information content (AvgIpc) is 3.25. The lowest BCUT2D eigenvalue weighted by Gasteiger charge is -2.23. The predicted octanol–water partition coefficient (Wildman–Crippen LogP) is 3.75. The zero-order valence-corrected chi connectivity index (χ0v) is 20.0. The Morgan fingerprint density at radius 3 is 2.12 bits per heavy atom. The molecule has 3 aromatic carbocycles. The van der Waals surface area contributed by atoms with Crippen molar-refractivity contribution in [2.75, 3.05) is 18.1 Å². The summed E-state index contributed by atoms with van der Waals surface area (Å²) >= 11 is 0. The standard InChI is InChI=1S/C23H22FN3O5S2/c1-32-20-11-5-17(6-12-20)23-15-22(16-3-9-19(10-4-16)26-33(2,28)29)25-27(23)34(30,31)21-13-7-18(24)8-14-21/h3-14,23,26H,15H2,1-2H3/t23-/m1/s1. The van der Waals surface area contributed by atoms with Crippen LogP contribution in [0.3, 0.4) is 0 Å². The number of rotatable bonds is 7. The Bertz CT molecular complexity index is 1420. The molecular formula is C23H22FN3O5S2. The molecule has 0 saturated heterocycles. The first kappa shape index (κ1) is 23.7. The highest BCUT2D eigenvalue weighted by Crippen LogP contribution is 2.37. The maximum absolute atomic E-state index is 13.4. The second-order valence-electron chi connectivity index (χ2n) is 7.72. The Kier molecular flexibility index (Phi) is 6.32. The molecule has 11 heteroatoms. The van der Waals surface area contributed by atoms with E-state index < -0.39 is 31.9 Å². The minimum absolute atomic E-state index is 0.0786. The summed E-state index contributed by atoms with van der Waals surface area (Å²) in [4.78, 5) is -0.0786. The smallest absolute Gasteiger partial charge is 0.279 e. The molecule has 1 atom stereocenters. The molecule has 1 N–H and O–H groups in total. The lowest BCUT2D eigenvalue weighted by atomic mass is 9.99. The van der Waals surface area contributed by atoms with Crippen LogP contribution in [0.25, 0.3) is 0 Å². The van der Waals surface area contributed by atoms with E-state index in [0.717, 1.165) is 22.8 Å². The number of benzene rings is 3. The Balaban J connectivity index is 1.73. The Morgan fingerprint density at radius 2 is 1.56 bits per heavy atom. The predicted molar refractivity (Wildman–Crippen MR) is 127 cm³/mol. The molecule has 0 aliphatic carbocycles. The number of anilines is 1. The van der Waals surface area contributed by atoms with Crippen LogP contribution in [0.4, 0.5) is 10.1 Å². The molecule has 178 valence electrons. The third-order valence-electron chi connectivity index (χ3n) is 5.25. The number of hydrogen-bond donors (Lipinski definition) is 1. The maximum Gasteiger partial charge on any atom is 0.279 e. The lowest BCUT2D eigenvalue weighted by molar-refractivity contribution is 0.370. The SMILES string of the molecule is COc1ccc([C@H]2CC(c3ccc(NS(C)(=O)=O)cc3)=NN2S(=O)(=O)c2ccc(F)cc2)cc1. The van der Waals surface area contributed by atoms with Crippen molar-refractivity contribution in [3.05, 3.63) is 89.7 Å². The number of sulfonamides is 2. The van der Waals surface area contributed by atoms with Crippen molar-refractivity contribution in [3.63, 3.8) is 0 Å². The van der Waals surface area contributed by atoms with Gasteiger partial charge in [-0.2, -0.15) is 17.9 Å². The van der Waals surface area contributed by atoms with Crippen molar-refractivity contribution < 1.29 is 26.0 Å². The molecule has 8 nitrogen and oxygen atoms in total. The normalized spacial score (nSPS) is 16.3. The number of hydrogen-bond acceptors (Lipinski definition) is 6. The number of hydrazone groups is 1. The third-order valence-corrected chi connectivity index (χ3v) is 7.56. The molecule has 0 radical (unpaired) electrons. The molecule has 0 unspecified atom stereocenters. The maximum atomic E-state index is 13.4. The quantitative estimate of drug-likeness (QED) is 0.529. The van der Waals surface area contributed by atoms with Crippen LogP contribution in [0.15, 0.2) is 82.8 Å². The molecule has 0 spiro atoms. The van der Waals surface area contributed by atoms with Crippen LogP contribution in [-0.4, -0.2) is 40.3 Å². The summed E-state index contributed by atoms with van der Waals surface area (Å²) in [6.45, 7) is 0. The molecule has 1 heterocycles. The Labute approximate surface area is 197 Å². The van der Waals surface area contributed by atoms with Gasteiger partial charge in [-0.25, -0.2) is 12.8 Å². The molecule has 0 aromatic heterocycles. The van der Waals surface area contributed by atoms with Crippen molar-refractivity contribution in [1.82, 2.24) is 4.41 Å². The second kappa shape index (κ2) is 9.07. The van der Waals surface area contributed by atoms with E-state index in [4.69, 9.17) is 4.74 Å². The van der Waals surface area contributed by atoms with Gasteiger partial charge in [0, 0.05) is 12.1 Å². The van der Waals surface area contributed by atoms with Gasteiger partial charge < -0.3 is 4.74 Å². The Hall–Kier alpha value is -3.44. The minimum atomic E-state index is -4.09. The van der Waals surface area contributed by atoms with Crippen molar-refractivity contribution in [3.8, 4) is 5.75 Å². The third kappa shape index (κ3) is 5.05. The van der Waals surface area contributed by atoms with Crippen LogP contribution < -0.4 is 9.46 Å². The van der Waals surface area contributed by atoms with Gasteiger partial charge in [-0.15, -0.1) is 0 Å². The molecule has 0 fully saturated rings. The Morgan fingerprint density at radius 1 is 0.941 bits per heavy atom. The van der Waals surface area contributed by atoms with Crippen LogP contribution >= 0.6 is 0 Å². The van der Waals surface area contributed by atoms with Crippen LogP contribution in [0.2, 0.25) is 0 Å². The van der Waals surface area contributed by atoms with Gasteiger partial charge in [0.2, 0.25) is 10.0 Å². The zero-order valence-electron chi connectivity index (χ0n) is 18.3. The number of ether oxygens (including phenoxy) is 1. The van der Waals surface area contributed by atoms with Gasteiger partial charge in [0.1, 0.15) is 11.6 Å². The highest BCUT2D eigenvalue weighted by atomic mass is 32.2. The van der Waals surface area contributed by atoms with Gasteiger partial charge in [-0.1, -0.05) is 24.3 Å². The minimum Gasteiger partial charge on any atom is -0.497 e. The highest BCUT2D eigenvalue weighted by Gasteiger charge is 2.37. The molecule has 0 bridgehead atoms. The summed E-state index contributed by atoms with van der Waals surface area (Å²) in [5.74, 6) is 0.0869. The zero-order chi connectivity index (χ0) is 24.5. The number of nitrogens with zero attached hydrogens (tertiary/aromatic N) is 2. The molecule has 34 heavy (non-hydrogen) atoms. The molecule has 1 aliphatic rings. The van der Waals surface area contributed by atoms with E-state index >= 15 is 0 Å². The molecule has 0 amide bonds. The fraction of sp³-hybridized carbons (Fsp3) is 0.174. The van der Waals surface area contributed by atoms with Crippen molar-refractivity contribution in [1.29, 1.82) is 0 Å². The van der Waals surface area contributed by atoms with Gasteiger partial charge in [0.05, 0.1) is 30.0 Å². The summed E-state index contributed by atoms with van der Waals surface area (Å²) < 4.78 is 71.8. The first-order chi connectivity index (χ1) is 16.1. The monoisotopic (exact) mass is 503 g/mol. The van der Waals surface area contributed by atoms with Crippen molar-refractivity contribution >= 4 is 31.4 Å². The van der Waals surface area contributed by atoms with E-state index in [1.54, 1.807) is 55.6 Å². The van der Waals surface area contributed by atoms with Crippen LogP contribution in [0.5, 0.6) is 5.75 Å². The van der Waals surface area contributed by atoms with Crippen molar-refractivity contribution in [2.45, 2.75) is 17.4 Å². The van der Waals surface area contributed by atoms with Crippen LogP contribution in [-0.2, 0) is 20.0 Å². The summed E-state index contributed by atoms with van der Waals surface area (Å²) in [5.41, 5.74) is 2.25. The van der Waals surface area contributed by atoms with Gasteiger partial charge in [0.25, 0.3) is 10.0 Å². The first-order valence-corrected chi connectivity index (χ1v) is 13.5. The largest absolute Gasteiger partial charge is 0.497 e. The van der Waals surface area contributed by atoms with E-state index in [2.05, 4.69) is 9.82 Å². The van der Waals surface area contributed by atoms with E-state index in [-0.39, 0.29) is 11.3 Å². The average molecular weight is 504 g/mol. The summed E-state index contributed by atoms with van der Waals surface area (Å²) in [5, 5.41) is 4.43. The van der Waals surface area contributed by atoms with Gasteiger partial charge in [-0.05, 0) is 59.7 Å². The fourth-order valence-corrected chi connectivity index (χ4v) is 5.62. The topological polar surface area (TPSA) is 105 Å². The summed E-state index contributed by atoms with van der Waals surface area (Å²) in [7, 11) is -5.97. The number of nitrogens with one attached hydrogen (secondary N) is 1. The van der Waals surface area contributed by atoms with Crippen LogP contribution in [0, 0.1) is 5.82 Å². The lowest BCUT2D eigenvalue weighted by Crippen LogP contribution is -2.27. The van der Waals surface area contributed by atoms with E-state index in [1.165, 1.54) is 12.1 Å². The summed E-state index contributed by atoms with van der Waals surface area (Å²) in [6.07, 6.45) is 1.34. The molecular weight excluding hydrogens is 481 g/mol. The first-order valence-electron chi connectivity index (χ1n) is 10.2. The number of methoxy groups -OCH3 is 1. The number of halogens is 1. The van der Waals surface area contributed by atoms with E-state index in [1.807, 2.05) is 0 Å². The van der Waals surface area contributed by atoms with Gasteiger partial charge in [0.15, 0.2) is 0 Å². The molecule has 3 aromatic rings. The summed E-state index contributed by atoms with van der Waals surface area (Å²) in [6, 6.07) is 17.5. The van der Waals surface area contributed by atoms with Crippen molar-refractivity contribution in [2.24, 2.45) is 5.10 Å². The molecule has 4 rings (SSSR count). The van der Waals surface area contributed by atoms with E-state index in [9.17, 15) is 21.2 Å². The highest BCUT2D eigenvalue weighted by molar-refractivity contribution is 7.92. The van der Waals surface area contributed by atoms with E-state index in [0.29, 0.717) is 28.3 Å². The van der Waals surface area contributed by atoms with Gasteiger partial charge >= 0.3 is 0 Å². The van der Waals surface area contributed by atoms with Gasteiger partial charge in [-0.3, -0.25) is 4.72 Å².